The Morgan fingerprint density at radius 3 is 2.76 bits per heavy atom. The summed E-state index contributed by atoms with van der Waals surface area (Å²) in [6.07, 6.45) is 2.59. The molecule has 0 saturated heterocycles. The van der Waals surface area contributed by atoms with Crippen molar-refractivity contribution in [3.63, 3.8) is 0 Å². The molecule has 0 aliphatic heterocycles. The molecule has 0 spiro atoms. The first-order valence-electron chi connectivity index (χ1n) is 6.98. The number of nitrogens with two attached hydrogens (primary N) is 1. The van der Waals surface area contributed by atoms with E-state index < -0.39 is 0 Å². The third-order valence-electron chi connectivity index (χ3n) is 3.92. The number of hydrazine groups is 1. The molecular formula is C16H19N5. The highest BCUT2D eigenvalue weighted by Gasteiger charge is 2.16. The molecule has 3 aromatic rings. The van der Waals surface area contributed by atoms with E-state index in [1.165, 1.54) is 0 Å². The van der Waals surface area contributed by atoms with E-state index in [2.05, 4.69) is 28.7 Å². The summed E-state index contributed by atoms with van der Waals surface area (Å²) in [5.41, 5.74) is 7.11. The highest BCUT2D eigenvalue weighted by molar-refractivity contribution is 5.78. The molecule has 0 aliphatic rings. The largest absolute Gasteiger partial charge is 0.273 e. The first-order chi connectivity index (χ1) is 10.2. The molecule has 0 saturated carbocycles. The van der Waals surface area contributed by atoms with E-state index in [1.54, 1.807) is 0 Å². The molecule has 0 aliphatic carbocycles. The minimum atomic E-state index is 0.00682. The Hall–Kier alpha value is -2.24. The maximum absolute atomic E-state index is 5.73. The minimum Gasteiger partial charge on any atom is -0.273 e. The number of rotatable bonds is 4. The number of aromatic nitrogens is 3. The number of nitrogens with zero attached hydrogens (tertiary/aromatic N) is 3. The fourth-order valence-corrected chi connectivity index (χ4v) is 2.55. The SMILES string of the molecule is Cc1c(C(Cc2ccc3ccccc3n2)NN)cnn1C. The topological polar surface area (TPSA) is 68.8 Å². The molecule has 0 fully saturated rings. The van der Waals surface area contributed by atoms with Crippen LogP contribution in [0.25, 0.3) is 10.9 Å². The highest BCUT2D eigenvalue weighted by atomic mass is 15.3. The molecule has 108 valence electrons. The summed E-state index contributed by atoms with van der Waals surface area (Å²) in [6, 6.07) is 12.3. The standard InChI is InChI=1S/C16H19N5/c1-11-14(10-18-21(11)2)16(20-17)9-13-8-7-12-5-3-4-6-15(12)19-13/h3-8,10,16,20H,9,17H2,1-2H3. The Morgan fingerprint density at radius 1 is 1.24 bits per heavy atom. The summed E-state index contributed by atoms with van der Waals surface area (Å²) < 4.78 is 1.85. The van der Waals surface area contributed by atoms with Gasteiger partial charge in [0.1, 0.15) is 0 Å². The van der Waals surface area contributed by atoms with E-state index in [1.807, 2.05) is 43.0 Å². The Labute approximate surface area is 123 Å². The average Bonchev–Trinajstić information content (AvgIpc) is 2.84. The predicted molar refractivity (Wildman–Crippen MR) is 83.5 cm³/mol. The number of para-hydroxylation sites is 1. The lowest BCUT2D eigenvalue weighted by atomic mass is 10.0. The molecule has 3 rings (SSSR count). The van der Waals surface area contributed by atoms with Crippen LogP contribution in [0.1, 0.15) is 23.0 Å². The summed E-state index contributed by atoms with van der Waals surface area (Å²) in [7, 11) is 1.93. The van der Waals surface area contributed by atoms with Gasteiger partial charge in [-0.2, -0.15) is 5.10 Å². The van der Waals surface area contributed by atoms with Crippen LogP contribution >= 0.6 is 0 Å². The average molecular weight is 281 g/mol. The van der Waals surface area contributed by atoms with Gasteiger partial charge < -0.3 is 0 Å². The summed E-state index contributed by atoms with van der Waals surface area (Å²) in [5.74, 6) is 5.73. The number of pyridine rings is 1. The van der Waals surface area contributed by atoms with Crippen LogP contribution < -0.4 is 11.3 Å². The highest BCUT2D eigenvalue weighted by Crippen LogP contribution is 2.21. The summed E-state index contributed by atoms with van der Waals surface area (Å²) in [4.78, 5) is 4.70. The second-order valence-electron chi connectivity index (χ2n) is 5.23. The van der Waals surface area contributed by atoms with Crippen LogP contribution in [0.3, 0.4) is 0 Å². The molecule has 21 heavy (non-hydrogen) atoms. The van der Waals surface area contributed by atoms with E-state index in [0.29, 0.717) is 0 Å². The van der Waals surface area contributed by atoms with Gasteiger partial charge in [0, 0.05) is 35.8 Å². The number of nitrogens with one attached hydrogen (secondary N) is 1. The molecule has 0 bridgehead atoms. The van der Waals surface area contributed by atoms with Crippen LogP contribution in [0.2, 0.25) is 0 Å². The monoisotopic (exact) mass is 281 g/mol. The van der Waals surface area contributed by atoms with Crippen LogP contribution in [0.5, 0.6) is 0 Å². The van der Waals surface area contributed by atoms with Crippen LogP contribution in [-0.2, 0) is 13.5 Å². The zero-order valence-electron chi connectivity index (χ0n) is 12.2. The van der Waals surface area contributed by atoms with Gasteiger partial charge in [0.25, 0.3) is 0 Å². The molecule has 1 atom stereocenters. The van der Waals surface area contributed by atoms with Gasteiger partial charge in [-0.15, -0.1) is 0 Å². The van der Waals surface area contributed by atoms with Gasteiger partial charge in [-0.3, -0.25) is 20.9 Å². The van der Waals surface area contributed by atoms with Crippen molar-refractivity contribution in [3.8, 4) is 0 Å². The van der Waals surface area contributed by atoms with Crippen molar-refractivity contribution in [3.05, 3.63) is 59.5 Å². The van der Waals surface area contributed by atoms with Gasteiger partial charge in [-0.05, 0) is 19.1 Å². The van der Waals surface area contributed by atoms with Gasteiger partial charge in [-0.25, -0.2) is 0 Å². The summed E-state index contributed by atoms with van der Waals surface area (Å²) >= 11 is 0. The Kier molecular flexibility index (Phi) is 3.68. The molecule has 0 amide bonds. The second-order valence-corrected chi connectivity index (χ2v) is 5.23. The van der Waals surface area contributed by atoms with Gasteiger partial charge in [0.15, 0.2) is 0 Å². The first-order valence-corrected chi connectivity index (χ1v) is 6.98. The molecule has 5 nitrogen and oxygen atoms in total. The maximum atomic E-state index is 5.73. The minimum absolute atomic E-state index is 0.00682. The summed E-state index contributed by atoms with van der Waals surface area (Å²) in [6.45, 7) is 2.04. The summed E-state index contributed by atoms with van der Waals surface area (Å²) in [5, 5.41) is 5.43. The molecule has 3 N–H and O–H groups in total. The van der Waals surface area contributed by atoms with Crippen LogP contribution in [-0.4, -0.2) is 14.8 Å². The van der Waals surface area contributed by atoms with Crippen molar-refractivity contribution in [2.24, 2.45) is 12.9 Å². The van der Waals surface area contributed by atoms with E-state index in [4.69, 9.17) is 10.8 Å². The smallest absolute Gasteiger partial charge is 0.0705 e. The van der Waals surface area contributed by atoms with Gasteiger partial charge in [0.05, 0.1) is 17.8 Å². The molecular weight excluding hydrogens is 262 g/mol. The van der Waals surface area contributed by atoms with E-state index in [-0.39, 0.29) is 6.04 Å². The van der Waals surface area contributed by atoms with Gasteiger partial charge in [0.2, 0.25) is 0 Å². The van der Waals surface area contributed by atoms with Crippen molar-refractivity contribution in [2.45, 2.75) is 19.4 Å². The zero-order valence-corrected chi connectivity index (χ0v) is 12.2. The number of hydrogen-bond donors (Lipinski definition) is 2. The van der Waals surface area contributed by atoms with Gasteiger partial charge >= 0.3 is 0 Å². The Bertz CT molecular complexity index is 762. The quantitative estimate of drug-likeness (QED) is 0.567. The first kappa shape index (κ1) is 13.7. The number of benzene rings is 1. The lowest BCUT2D eigenvalue weighted by molar-refractivity contribution is 0.543. The van der Waals surface area contributed by atoms with E-state index in [0.717, 1.165) is 34.3 Å². The predicted octanol–water partition coefficient (Wildman–Crippen LogP) is 2.02. The van der Waals surface area contributed by atoms with Crippen LogP contribution in [0.4, 0.5) is 0 Å². The fourth-order valence-electron chi connectivity index (χ4n) is 2.55. The Morgan fingerprint density at radius 2 is 2.05 bits per heavy atom. The lowest BCUT2D eigenvalue weighted by Crippen LogP contribution is -2.30. The third kappa shape index (κ3) is 2.66. The number of fused-ring (bicyclic) bond motifs is 1. The number of aryl methyl sites for hydroxylation is 1. The van der Waals surface area contributed by atoms with Crippen molar-refractivity contribution in [1.82, 2.24) is 20.2 Å². The molecule has 2 heterocycles. The van der Waals surface area contributed by atoms with E-state index in [9.17, 15) is 0 Å². The normalized spacial score (nSPS) is 12.7. The molecule has 5 heteroatoms. The van der Waals surface area contributed by atoms with Crippen molar-refractivity contribution in [2.75, 3.05) is 0 Å². The molecule has 0 radical (unpaired) electrons. The zero-order chi connectivity index (χ0) is 14.8. The lowest BCUT2D eigenvalue weighted by Gasteiger charge is -2.15. The number of hydrogen-bond acceptors (Lipinski definition) is 4. The third-order valence-corrected chi connectivity index (χ3v) is 3.92. The van der Waals surface area contributed by atoms with Crippen LogP contribution in [0.15, 0.2) is 42.6 Å². The van der Waals surface area contributed by atoms with Crippen molar-refractivity contribution < 1.29 is 0 Å². The maximum Gasteiger partial charge on any atom is 0.0705 e. The van der Waals surface area contributed by atoms with Crippen molar-refractivity contribution >= 4 is 10.9 Å². The van der Waals surface area contributed by atoms with E-state index >= 15 is 0 Å². The molecule has 1 unspecified atom stereocenters. The van der Waals surface area contributed by atoms with Crippen LogP contribution in [0, 0.1) is 6.92 Å². The molecule has 1 aromatic carbocycles. The molecule has 2 aromatic heterocycles. The second kappa shape index (κ2) is 5.63. The van der Waals surface area contributed by atoms with Crippen molar-refractivity contribution in [1.29, 1.82) is 0 Å². The van der Waals surface area contributed by atoms with Gasteiger partial charge in [-0.1, -0.05) is 24.3 Å². The Balaban J connectivity index is 1.90. The fraction of sp³-hybridized carbons (Fsp3) is 0.250.